The van der Waals surface area contributed by atoms with E-state index < -0.39 is 6.04 Å². The van der Waals surface area contributed by atoms with Crippen LogP contribution in [-0.2, 0) is 9.59 Å². The van der Waals surface area contributed by atoms with E-state index in [2.05, 4.69) is 27.9 Å². The van der Waals surface area contributed by atoms with Crippen molar-refractivity contribution < 1.29 is 9.59 Å². The van der Waals surface area contributed by atoms with Gasteiger partial charge in [-0.05, 0) is 72.5 Å². The molecule has 1 aromatic carbocycles. The summed E-state index contributed by atoms with van der Waals surface area (Å²) in [5.41, 5.74) is 0.804. The zero-order valence-electron chi connectivity index (χ0n) is 10.6. The third-order valence-electron chi connectivity index (χ3n) is 3.77. The average Bonchev–Trinajstić information content (AvgIpc) is 3.21. The molecule has 1 aliphatic carbocycles. The number of hydrogen-bond donors (Lipinski definition) is 1. The molecule has 2 amide bonds. The third-order valence-corrected chi connectivity index (χ3v) is 4.49. The van der Waals surface area contributed by atoms with Crippen LogP contribution in [0.25, 0.3) is 0 Å². The van der Waals surface area contributed by atoms with Gasteiger partial charge in [-0.25, -0.2) is 0 Å². The van der Waals surface area contributed by atoms with E-state index >= 15 is 0 Å². The van der Waals surface area contributed by atoms with Crippen molar-refractivity contribution in [2.75, 3.05) is 4.90 Å². The van der Waals surface area contributed by atoms with E-state index in [1.807, 2.05) is 24.3 Å². The van der Waals surface area contributed by atoms with Gasteiger partial charge in [-0.1, -0.05) is 0 Å². The first-order valence-corrected chi connectivity index (χ1v) is 7.55. The van der Waals surface area contributed by atoms with Crippen molar-refractivity contribution in [1.82, 2.24) is 5.32 Å². The maximum atomic E-state index is 12.6. The van der Waals surface area contributed by atoms with Gasteiger partial charge in [0, 0.05) is 9.26 Å². The number of hydrogen-bond acceptors (Lipinski definition) is 2. The number of carbonyl (C=O) groups excluding carboxylic acids is 2. The van der Waals surface area contributed by atoms with Crippen LogP contribution in [0.15, 0.2) is 24.3 Å². The lowest BCUT2D eigenvalue weighted by Crippen LogP contribution is -2.63. The Morgan fingerprint density at radius 1 is 1.21 bits per heavy atom. The number of amides is 2. The molecule has 1 N–H and O–H groups in total. The molecule has 2 atom stereocenters. The summed E-state index contributed by atoms with van der Waals surface area (Å²) in [6, 6.07) is 6.94. The number of anilines is 1. The number of benzene rings is 1. The number of nitrogens with one attached hydrogen (secondary N) is 1. The van der Waals surface area contributed by atoms with E-state index in [9.17, 15) is 9.59 Å². The van der Waals surface area contributed by atoms with Gasteiger partial charge in [0.2, 0.25) is 5.91 Å². The van der Waals surface area contributed by atoms with Crippen LogP contribution in [-0.4, -0.2) is 23.9 Å². The van der Waals surface area contributed by atoms with Crippen LogP contribution in [0.4, 0.5) is 5.69 Å². The molecule has 0 spiro atoms. The zero-order valence-corrected chi connectivity index (χ0v) is 12.8. The van der Waals surface area contributed by atoms with Crippen molar-refractivity contribution in [3.05, 3.63) is 27.8 Å². The summed E-state index contributed by atoms with van der Waals surface area (Å²) in [5, 5.41) is 2.86. The number of nitrogens with zero attached hydrogens (tertiary/aromatic N) is 1. The van der Waals surface area contributed by atoms with Crippen LogP contribution in [0, 0.1) is 9.49 Å². The molecule has 2 aliphatic rings. The lowest BCUT2D eigenvalue weighted by molar-refractivity contribution is -0.133. The fraction of sp³-hybridized carbons (Fsp3) is 0.429. The van der Waals surface area contributed by atoms with Gasteiger partial charge in [0.15, 0.2) is 0 Å². The molecular weight excluding hydrogens is 355 g/mol. The average molecular weight is 370 g/mol. The largest absolute Gasteiger partial charge is 0.342 e. The second kappa shape index (κ2) is 4.77. The first kappa shape index (κ1) is 12.9. The van der Waals surface area contributed by atoms with Crippen LogP contribution in [0.2, 0.25) is 0 Å². The fourth-order valence-electron chi connectivity index (χ4n) is 2.50. The summed E-state index contributed by atoms with van der Waals surface area (Å²) < 4.78 is 1.11. The Hall–Kier alpha value is -1.11. The molecule has 0 aromatic heterocycles. The van der Waals surface area contributed by atoms with Gasteiger partial charge in [0.25, 0.3) is 5.91 Å². The fourth-order valence-corrected chi connectivity index (χ4v) is 2.85. The van der Waals surface area contributed by atoms with E-state index in [4.69, 9.17) is 0 Å². The van der Waals surface area contributed by atoms with Gasteiger partial charge in [0.1, 0.15) is 12.1 Å². The molecule has 3 rings (SSSR count). The molecule has 2 unspecified atom stereocenters. The molecular formula is C14H15IN2O2. The van der Waals surface area contributed by atoms with Crippen LogP contribution in [0.5, 0.6) is 0 Å². The van der Waals surface area contributed by atoms with Crippen molar-refractivity contribution in [3.63, 3.8) is 0 Å². The summed E-state index contributed by atoms with van der Waals surface area (Å²) >= 11 is 2.22. The molecule has 19 heavy (non-hydrogen) atoms. The van der Waals surface area contributed by atoms with E-state index in [1.165, 1.54) is 0 Å². The highest BCUT2D eigenvalue weighted by molar-refractivity contribution is 14.1. The monoisotopic (exact) mass is 370 g/mol. The standard InChI is InChI=1S/C14H15IN2O2/c1-8-13(18)16-12(9-2-3-9)14(19)17(8)11-6-4-10(15)5-7-11/h4-9,12H,2-3H2,1H3,(H,16,18). The Morgan fingerprint density at radius 3 is 2.42 bits per heavy atom. The minimum atomic E-state index is -0.442. The normalized spacial score (nSPS) is 27.4. The third kappa shape index (κ3) is 2.35. The summed E-state index contributed by atoms with van der Waals surface area (Å²) in [7, 11) is 0. The van der Waals surface area contributed by atoms with Crippen molar-refractivity contribution in [2.45, 2.75) is 31.8 Å². The second-order valence-corrected chi connectivity index (χ2v) is 6.43. The quantitative estimate of drug-likeness (QED) is 0.809. The van der Waals surface area contributed by atoms with Crippen LogP contribution in [0.3, 0.4) is 0 Å². The van der Waals surface area contributed by atoms with Gasteiger partial charge in [0.05, 0.1) is 0 Å². The van der Waals surface area contributed by atoms with Crippen LogP contribution >= 0.6 is 22.6 Å². The molecule has 1 saturated carbocycles. The Morgan fingerprint density at radius 2 is 1.84 bits per heavy atom. The highest BCUT2D eigenvalue weighted by Gasteiger charge is 2.45. The zero-order chi connectivity index (χ0) is 13.6. The molecule has 5 heteroatoms. The number of piperazine rings is 1. The number of carbonyl (C=O) groups is 2. The van der Waals surface area contributed by atoms with Crippen molar-refractivity contribution in [2.24, 2.45) is 5.92 Å². The van der Waals surface area contributed by atoms with Crippen molar-refractivity contribution in [3.8, 4) is 0 Å². The predicted octanol–water partition coefficient (Wildman–Crippen LogP) is 1.92. The second-order valence-electron chi connectivity index (χ2n) is 5.18. The molecule has 1 heterocycles. The number of rotatable bonds is 2. The molecule has 100 valence electrons. The first-order valence-electron chi connectivity index (χ1n) is 6.47. The SMILES string of the molecule is CC1C(=O)NC(C2CC2)C(=O)N1c1ccc(I)cc1. The first-order chi connectivity index (χ1) is 9.08. The Labute approximate surface area is 125 Å². The van der Waals surface area contributed by atoms with Gasteiger partial charge in [-0.15, -0.1) is 0 Å². The van der Waals surface area contributed by atoms with Gasteiger partial charge >= 0.3 is 0 Å². The molecule has 4 nitrogen and oxygen atoms in total. The Kier molecular flexibility index (Phi) is 3.24. The summed E-state index contributed by atoms with van der Waals surface area (Å²) in [5.74, 6) is 0.293. The van der Waals surface area contributed by atoms with Gasteiger partial charge in [-0.2, -0.15) is 0 Å². The van der Waals surface area contributed by atoms with Gasteiger partial charge in [-0.3, -0.25) is 14.5 Å². The summed E-state index contributed by atoms with van der Waals surface area (Å²) in [6.45, 7) is 1.77. The number of halogens is 1. The molecule has 0 radical (unpaired) electrons. The topological polar surface area (TPSA) is 49.4 Å². The molecule has 0 bridgehead atoms. The van der Waals surface area contributed by atoms with Crippen molar-refractivity contribution >= 4 is 40.1 Å². The molecule has 1 aromatic rings. The van der Waals surface area contributed by atoms with E-state index in [0.29, 0.717) is 5.92 Å². The summed E-state index contributed by atoms with van der Waals surface area (Å²) in [6.07, 6.45) is 2.07. The summed E-state index contributed by atoms with van der Waals surface area (Å²) in [4.78, 5) is 26.2. The van der Waals surface area contributed by atoms with E-state index in [0.717, 1.165) is 22.1 Å². The van der Waals surface area contributed by atoms with Crippen LogP contribution in [0.1, 0.15) is 19.8 Å². The predicted molar refractivity (Wildman–Crippen MR) is 80.8 cm³/mol. The molecule has 2 fully saturated rings. The van der Waals surface area contributed by atoms with E-state index in [1.54, 1.807) is 11.8 Å². The maximum Gasteiger partial charge on any atom is 0.250 e. The lowest BCUT2D eigenvalue weighted by Gasteiger charge is -2.37. The minimum absolute atomic E-state index is 0.0239. The highest BCUT2D eigenvalue weighted by atomic mass is 127. The molecule has 1 aliphatic heterocycles. The molecule has 1 saturated heterocycles. The minimum Gasteiger partial charge on any atom is -0.342 e. The Balaban J connectivity index is 1.93. The van der Waals surface area contributed by atoms with Crippen molar-refractivity contribution in [1.29, 1.82) is 0 Å². The highest BCUT2D eigenvalue weighted by Crippen LogP contribution is 2.36. The smallest absolute Gasteiger partial charge is 0.250 e. The van der Waals surface area contributed by atoms with E-state index in [-0.39, 0.29) is 17.9 Å². The van der Waals surface area contributed by atoms with Crippen LogP contribution < -0.4 is 10.2 Å². The van der Waals surface area contributed by atoms with Gasteiger partial charge < -0.3 is 5.32 Å². The maximum absolute atomic E-state index is 12.6. The Bertz CT molecular complexity index is 525. The lowest BCUT2D eigenvalue weighted by atomic mass is 10.0.